The number of aryl methyl sites for hydroxylation is 1. The van der Waals surface area contributed by atoms with Gasteiger partial charge in [-0.1, -0.05) is 28.9 Å². The highest BCUT2D eigenvalue weighted by Gasteiger charge is 2.21. The second-order valence-corrected chi connectivity index (χ2v) is 8.63. The molecule has 1 amide bonds. The van der Waals surface area contributed by atoms with Crippen molar-refractivity contribution in [3.8, 4) is 17.1 Å². The number of hydrogen-bond donors (Lipinski definition) is 0. The van der Waals surface area contributed by atoms with Gasteiger partial charge in [0.05, 0.1) is 7.11 Å². The van der Waals surface area contributed by atoms with Crippen molar-refractivity contribution >= 4 is 17.5 Å². The van der Waals surface area contributed by atoms with E-state index < -0.39 is 0 Å². The van der Waals surface area contributed by atoms with Crippen LogP contribution in [0.4, 0.5) is 0 Å². The molecule has 0 atom stereocenters. The number of methoxy groups -OCH3 is 1. The summed E-state index contributed by atoms with van der Waals surface area (Å²) >= 11 is 5.92. The zero-order valence-electron chi connectivity index (χ0n) is 18.9. The van der Waals surface area contributed by atoms with Crippen molar-refractivity contribution in [3.05, 3.63) is 65.0 Å². The molecule has 174 valence electrons. The van der Waals surface area contributed by atoms with Crippen LogP contribution >= 0.6 is 11.6 Å². The Morgan fingerprint density at radius 2 is 1.76 bits per heavy atom. The number of aromatic nitrogens is 2. The molecule has 7 nitrogen and oxygen atoms in total. The molecule has 0 spiro atoms. The lowest BCUT2D eigenvalue weighted by atomic mass is 10.1. The van der Waals surface area contributed by atoms with Crippen LogP contribution in [0.25, 0.3) is 11.4 Å². The number of nitrogens with zero attached hydrogens (tertiary/aromatic N) is 4. The second-order valence-electron chi connectivity index (χ2n) is 8.19. The van der Waals surface area contributed by atoms with Crippen LogP contribution in [0.5, 0.6) is 5.75 Å². The topological polar surface area (TPSA) is 71.7 Å². The van der Waals surface area contributed by atoms with Crippen molar-refractivity contribution in [3.63, 3.8) is 0 Å². The summed E-state index contributed by atoms with van der Waals surface area (Å²) < 4.78 is 10.5. The third-order valence-electron chi connectivity index (χ3n) is 5.95. The van der Waals surface area contributed by atoms with Crippen LogP contribution < -0.4 is 4.74 Å². The third kappa shape index (κ3) is 6.55. The molecule has 4 rings (SSSR count). The fraction of sp³-hybridized carbons (Fsp3) is 0.400. The Hall–Kier alpha value is -2.90. The van der Waals surface area contributed by atoms with Crippen LogP contribution in [-0.2, 0) is 17.6 Å². The number of piperazine rings is 1. The van der Waals surface area contributed by atoms with E-state index in [0.29, 0.717) is 36.0 Å². The molecule has 8 heteroatoms. The molecule has 1 aromatic heterocycles. The molecule has 2 heterocycles. The van der Waals surface area contributed by atoms with E-state index in [9.17, 15) is 4.79 Å². The highest BCUT2D eigenvalue weighted by Crippen LogP contribution is 2.19. The van der Waals surface area contributed by atoms with Crippen LogP contribution in [0, 0.1) is 0 Å². The highest BCUT2D eigenvalue weighted by molar-refractivity contribution is 6.30. The number of carbonyl (C=O) groups excluding carboxylic acids is 1. The number of carbonyl (C=O) groups is 1. The lowest BCUT2D eigenvalue weighted by molar-refractivity contribution is -0.133. The standard InChI is InChI=1S/C25H29ClN4O3/c1-32-22-11-5-19(6-12-22)13-14-29-15-17-30(18-16-29)24(31)4-2-3-23-27-25(28-33-23)20-7-9-21(26)10-8-20/h5-12H,2-4,13-18H2,1H3. The number of rotatable bonds is 9. The summed E-state index contributed by atoms with van der Waals surface area (Å²) in [5, 5.41) is 4.69. The maximum absolute atomic E-state index is 12.6. The molecule has 1 aliphatic rings. The zero-order valence-corrected chi connectivity index (χ0v) is 19.6. The van der Waals surface area contributed by atoms with E-state index >= 15 is 0 Å². The Bertz CT molecular complexity index is 1030. The van der Waals surface area contributed by atoms with Gasteiger partial charge < -0.3 is 14.2 Å². The maximum Gasteiger partial charge on any atom is 0.226 e. The predicted molar refractivity (Wildman–Crippen MR) is 127 cm³/mol. The first-order valence-corrected chi connectivity index (χ1v) is 11.7. The van der Waals surface area contributed by atoms with Gasteiger partial charge in [-0.2, -0.15) is 4.98 Å². The zero-order chi connectivity index (χ0) is 23.0. The van der Waals surface area contributed by atoms with Gasteiger partial charge in [0, 0.05) is 56.2 Å². The quantitative estimate of drug-likeness (QED) is 0.470. The fourth-order valence-electron chi connectivity index (χ4n) is 3.92. The Kier molecular flexibility index (Phi) is 7.96. The van der Waals surface area contributed by atoms with Crippen LogP contribution in [0.2, 0.25) is 5.02 Å². The van der Waals surface area contributed by atoms with E-state index in [2.05, 4.69) is 27.2 Å². The summed E-state index contributed by atoms with van der Waals surface area (Å²) in [4.78, 5) is 21.4. The van der Waals surface area contributed by atoms with Gasteiger partial charge in [-0.3, -0.25) is 9.69 Å². The monoisotopic (exact) mass is 468 g/mol. The minimum absolute atomic E-state index is 0.197. The molecule has 0 saturated carbocycles. The molecule has 1 aliphatic heterocycles. The van der Waals surface area contributed by atoms with E-state index in [1.165, 1.54) is 5.56 Å². The van der Waals surface area contributed by atoms with Crippen molar-refractivity contribution in [2.75, 3.05) is 39.8 Å². The second kappa shape index (κ2) is 11.3. The van der Waals surface area contributed by atoms with Gasteiger partial charge in [-0.15, -0.1) is 0 Å². The van der Waals surface area contributed by atoms with Crippen molar-refractivity contribution in [2.24, 2.45) is 0 Å². The van der Waals surface area contributed by atoms with Gasteiger partial charge in [0.15, 0.2) is 0 Å². The van der Waals surface area contributed by atoms with Crippen LogP contribution in [0.1, 0.15) is 24.3 Å². The molecule has 3 aromatic rings. The third-order valence-corrected chi connectivity index (χ3v) is 6.20. The Labute approximate surface area is 199 Å². The summed E-state index contributed by atoms with van der Waals surface area (Å²) in [7, 11) is 1.68. The minimum Gasteiger partial charge on any atom is -0.497 e. The molecule has 33 heavy (non-hydrogen) atoms. The minimum atomic E-state index is 0.197. The largest absolute Gasteiger partial charge is 0.497 e. The van der Waals surface area contributed by atoms with Crippen molar-refractivity contribution in [1.82, 2.24) is 19.9 Å². The summed E-state index contributed by atoms with van der Waals surface area (Å²) in [6.45, 7) is 4.39. The van der Waals surface area contributed by atoms with Gasteiger partial charge in [0.25, 0.3) is 0 Å². The van der Waals surface area contributed by atoms with E-state index in [4.69, 9.17) is 20.9 Å². The smallest absolute Gasteiger partial charge is 0.226 e. The molecular formula is C25H29ClN4O3. The Morgan fingerprint density at radius 1 is 1.03 bits per heavy atom. The van der Waals surface area contributed by atoms with Gasteiger partial charge in [-0.05, 0) is 54.8 Å². The first kappa shape index (κ1) is 23.3. The lowest BCUT2D eigenvalue weighted by Crippen LogP contribution is -2.49. The van der Waals surface area contributed by atoms with E-state index in [1.54, 1.807) is 19.2 Å². The number of hydrogen-bond acceptors (Lipinski definition) is 6. The first-order chi connectivity index (χ1) is 16.1. The molecular weight excluding hydrogens is 440 g/mol. The van der Waals surface area contributed by atoms with Crippen molar-refractivity contribution in [2.45, 2.75) is 25.7 Å². The maximum atomic E-state index is 12.6. The molecule has 0 unspecified atom stereocenters. The number of benzene rings is 2. The molecule has 0 bridgehead atoms. The van der Waals surface area contributed by atoms with Gasteiger partial charge in [0.1, 0.15) is 5.75 Å². The van der Waals surface area contributed by atoms with Gasteiger partial charge in [0.2, 0.25) is 17.6 Å². The fourth-order valence-corrected chi connectivity index (χ4v) is 4.05. The Morgan fingerprint density at radius 3 is 2.45 bits per heavy atom. The van der Waals surface area contributed by atoms with Gasteiger partial charge in [-0.25, -0.2) is 0 Å². The first-order valence-electron chi connectivity index (χ1n) is 11.3. The molecule has 0 N–H and O–H groups in total. The normalized spacial score (nSPS) is 14.4. The van der Waals surface area contributed by atoms with E-state index in [-0.39, 0.29) is 5.91 Å². The molecule has 0 aliphatic carbocycles. The number of halogens is 1. The van der Waals surface area contributed by atoms with E-state index in [0.717, 1.165) is 50.5 Å². The van der Waals surface area contributed by atoms with Gasteiger partial charge >= 0.3 is 0 Å². The Balaban J connectivity index is 1.15. The van der Waals surface area contributed by atoms with E-state index in [1.807, 2.05) is 29.2 Å². The van der Waals surface area contributed by atoms with Crippen molar-refractivity contribution in [1.29, 1.82) is 0 Å². The number of ether oxygens (including phenoxy) is 1. The van der Waals surface area contributed by atoms with Crippen molar-refractivity contribution < 1.29 is 14.1 Å². The summed E-state index contributed by atoms with van der Waals surface area (Å²) in [6.07, 6.45) is 2.78. The lowest BCUT2D eigenvalue weighted by Gasteiger charge is -2.34. The van der Waals surface area contributed by atoms with Crippen LogP contribution in [0.15, 0.2) is 53.1 Å². The molecule has 1 fully saturated rings. The SMILES string of the molecule is COc1ccc(CCN2CCN(C(=O)CCCc3nc(-c4ccc(Cl)cc4)no3)CC2)cc1. The molecule has 2 aromatic carbocycles. The summed E-state index contributed by atoms with van der Waals surface area (Å²) in [6, 6.07) is 15.5. The van der Waals surface area contributed by atoms with Crippen LogP contribution in [0.3, 0.4) is 0 Å². The average molecular weight is 469 g/mol. The molecule has 0 radical (unpaired) electrons. The number of amides is 1. The van der Waals surface area contributed by atoms with Crippen LogP contribution in [-0.4, -0.2) is 65.7 Å². The summed E-state index contributed by atoms with van der Waals surface area (Å²) in [5.74, 6) is 2.17. The highest BCUT2D eigenvalue weighted by atomic mass is 35.5. The summed E-state index contributed by atoms with van der Waals surface area (Å²) in [5.41, 5.74) is 2.16. The molecule has 1 saturated heterocycles. The average Bonchev–Trinajstić information content (AvgIpc) is 3.32. The predicted octanol–water partition coefficient (Wildman–Crippen LogP) is 4.11.